The Labute approximate surface area is 198 Å². The molecule has 1 amide bonds. The highest BCUT2D eigenvalue weighted by atomic mass is 32.2. The average Bonchev–Trinajstić information content (AvgIpc) is 3.48. The Morgan fingerprint density at radius 1 is 1.09 bits per heavy atom. The first-order valence-corrected chi connectivity index (χ1v) is 13.1. The quantitative estimate of drug-likeness (QED) is 0.446. The van der Waals surface area contributed by atoms with Crippen LogP contribution >= 0.6 is 23.1 Å². The van der Waals surface area contributed by atoms with Gasteiger partial charge in [0.1, 0.15) is 5.82 Å². The third kappa shape index (κ3) is 5.79. The van der Waals surface area contributed by atoms with Crippen molar-refractivity contribution in [2.75, 3.05) is 32.7 Å². The predicted molar refractivity (Wildman–Crippen MR) is 131 cm³/mol. The number of thioether (sulfide) groups is 1. The van der Waals surface area contributed by atoms with Gasteiger partial charge >= 0.3 is 0 Å². The zero-order valence-corrected chi connectivity index (χ0v) is 20.4. The standard InChI is InChI=1S/C24H31N5OS2/c1-3-27-13-15-28(16-14-27)23(30)19(2)32-24-26-25-22(18-21-10-7-17-31-21)29(24)12-11-20-8-5-4-6-9-20/h4-10,17,19H,3,11-16,18H2,1-2H3. The second kappa shape index (κ2) is 11.1. The smallest absolute Gasteiger partial charge is 0.235 e. The molecule has 6 nitrogen and oxygen atoms in total. The van der Waals surface area contributed by atoms with Crippen molar-refractivity contribution in [2.45, 2.75) is 43.6 Å². The number of nitrogens with zero attached hydrogens (tertiary/aromatic N) is 5. The molecule has 4 rings (SSSR count). The summed E-state index contributed by atoms with van der Waals surface area (Å²) in [6, 6.07) is 14.7. The molecule has 1 atom stereocenters. The topological polar surface area (TPSA) is 54.3 Å². The van der Waals surface area contributed by atoms with Crippen LogP contribution in [-0.4, -0.2) is 68.4 Å². The van der Waals surface area contributed by atoms with Gasteiger partial charge in [0, 0.05) is 44.0 Å². The molecule has 1 saturated heterocycles. The van der Waals surface area contributed by atoms with Crippen LogP contribution in [0.5, 0.6) is 0 Å². The summed E-state index contributed by atoms with van der Waals surface area (Å²) in [6.07, 6.45) is 1.67. The lowest BCUT2D eigenvalue weighted by molar-refractivity contribution is -0.132. The van der Waals surface area contributed by atoms with Crippen molar-refractivity contribution in [3.8, 4) is 0 Å². The van der Waals surface area contributed by atoms with Gasteiger partial charge in [0.2, 0.25) is 5.91 Å². The molecule has 1 aliphatic rings. The maximum Gasteiger partial charge on any atom is 0.235 e. The molecule has 8 heteroatoms. The summed E-state index contributed by atoms with van der Waals surface area (Å²) in [5, 5.41) is 11.8. The second-order valence-electron chi connectivity index (χ2n) is 8.06. The molecular weight excluding hydrogens is 438 g/mol. The third-order valence-corrected chi connectivity index (χ3v) is 7.88. The molecule has 1 unspecified atom stereocenters. The number of carbonyl (C=O) groups is 1. The van der Waals surface area contributed by atoms with Gasteiger partial charge in [0.05, 0.1) is 5.25 Å². The van der Waals surface area contributed by atoms with Gasteiger partial charge in [-0.2, -0.15) is 0 Å². The minimum Gasteiger partial charge on any atom is -0.339 e. The molecule has 32 heavy (non-hydrogen) atoms. The van der Waals surface area contributed by atoms with E-state index in [2.05, 4.69) is 68.4 Å². The fourth-order valence-electron chi connectivity index (χ4n) is 3.97. The zero-order chi connectivity index (χ0) is 22.3. The number of piperazine rings is 1. The van der Waals surface area contributed by atoms with E-state index in [0.29, 0.717) is 0 Å². The van der Waals surface area contributed by atoms with Crippen molar-refractivity contribution in [2.24, 2.45) is 0 Å². The third-order valence-electron chi connectivity index (χ3n) is 5.93. The summed E-state index contributed by atoms with van der Waals surface area (Å²) in [5.74, 6) is 1.16. The summed E-state index contributed by atoms with van der Waals surface area (Å²) in [5.41, 5.74) is 1.29. The van der Waals surface area contributed by atoms with Crippen molar-refractivity contribution in [1.82, 2.24) is 24.6 Å². The van der Waals surface area contributed by atoms with E-state index in [0.717, 1.165) is 63.1 Å². The van der Waals surface area contributed by atoms with E-state index in [1.54, 1.807) is 11.3 Å². The molecule has 3 aromatic rings. The van der Waals surface area contributed by atoms with Crippen LogP contribution in [0.4, 0.5) is 0 Å². The van der Waals surface area contributed by atoms with Crippen molar-refractivity contribution >= 4 is 29.0 Å². The van der Waals surface area contributed by atoms with Crippen LogP contribution in [-0.2, 0) is 24.2 Å². The molecule has 0 aliphatic carbocycles. The highest BCUT2D eigenvalue weighted by molar-refractivity contribution is 8.00. The number of aromatic nitrogens is 3. The maximum absolute atomic E-state index is 13.1. The number of rotatable bonds is 9. The van der Waals surface area contributed by atoms with Crippen LogP contribution in [0.2, 0.25) is 0 Å². The number of hydrogen-bond donors (Lipinski definition) is 0. The Balaban J connectivity index is 1.46. The number of amides is 1. The molecule has 0 saturated carbocycles. The molecule has 0 spiro atoms. The SMILES string of the molecule is CCN1CCN(C(=O)C(C)Sc2nnc(Cc3cccs3)n2CCc2ccccc2)CC1. The second-order valence-corrected chi connectivity index (χ2v) is 10.4. The number of aryl methyl sites for hydroxylation is 1. The summed E-state index contributed by atoms with van der Waals surface area (Å²) in [4.78, 5) is 18.7. The van der Waals surface area contributed by atoms with Crippen LogP contribution in [0.15, 0.2) is 53.0 Å². The van der Waals surface area contributed by atoms with E-state index in [-0.39, 0.29) is 11.2 Å². The number of hydrogen-bond acceptors (Lipinski definition) is 6. The first kappa shape index (κ1) is 23.0. The van der Waals surface area contributed by atoms with Gasteiger partial charge in [-0.15, -0.1) is 21.5 Å². The molecule has 0 N–H and O–H groups in total. The molecule has 3 heterocycles. The maximum atomic E-state index is 13.1. The first-order chi connectivity index (χ1) is 15.6. The van der Waals surface area contributed by atoms with Crippen LogP contribution < -0.4 is 0 Å². The first-order valence-electron chi connectivity index (χ1n) is 11.3. The Morgan fingerprint density at radius 3 is 2.56 bits per heavy atom. The van der Waals surface area contributed by atoms with Crippen molar-refractivity contribution < 1.29 is 4.79 Å². The van der Waals surface area contributed by atoms with Crippen LogP contribution in [0.1, 0.15) is 30.1 Å². The Hall–Kier alpha value is -2.16. The number of thiophene rings is 1. The summed E-state index contributed by atoms with van der Waals surface area (Å²) in [7, 11) is 0. The van der Waals surface area contributed by atoms with Gasteiger partial charge in [0.15, 0.2) is 5.16 Å². The molecule has 1 aromatic carbocycles. The van der Waals surface area contributed by atoms with E-state index < -0.39 is 0 Å². The zero-order valence-electron chi connectivity index (χ0n) is 18.8. The Bertz CT molecular complexity index is 981. The Kier molecular flexibility index (Phi) is 8.00. The number of likely N-dealkylation sites (N-methyl/N-ethyl adjacent to an activating group) is 1. The van der Waals surface area contributed by atoms with E-state index in [9.17, 15) is 4.79 Å². The molecule has 1 fully saturated rings. The molecular formula is C24H31N5OS2. The van der Waals surface area contributed by atoms with Crippen LogP contribution in [0, 0.1) is 0 Å². The Morgan fingerprint density at radius 2 is 1.88 bits per heavy atom. The lowest BCUT2D eigenvalue weighted by atomic mass is 10.1. The van der Waals surface area contributed by atoms with Gasteiger partial charge < -0.3 is 14.4 Å². The molecule has 1 aliphatic heterocycles. The summed E-state index contributed by atoms with van der Waals surface area (Å²) < 4.78 is 2.20. The van der Waals surface area contributed by atoms with Crippen molar-refractivity contribution in [1.29, 1.82) is 0 Å². The van der Waals surface area contributed by atoms with E-state index in [1.807, 2.05) is 17.9 Å². The highest BCUT2D eigenvalue weighted by Gasteiger charge is 2.27. The normalized spacial score (nSPS) is 15.8. The van der Waals surface area contributed by atoms with E-state index in [1.165, 1.54) is 22.2 Å². The fraction of sp³-hybridized carbons (Fsp3) is 0.458. The van der Waals surface area contributed by atoms with Gasteiger partial charge in [-0.05, 0) is 36.9 Å². The fourth-order valence-corrected chi connectivity index (χ4v) is 5.65. The average molecular weight is 470 g/mol. The minimum absolute atomic E-state index is 0.183. The number of carbonyl (C=O) groups excluding carboxylic acids is 1. The van der Waals surface area contributed by atoms with Gasteiger partial charge in [0.25, 0.3) is 0 Å². The molecule has 0 bridgehead atoms. The lowest BCUT2D eigenvalue weighted by Crippen LogP contribution is -2.50. The van der Waals surface area contributed by atoms with Crippen LogP contribution in [0.25, 0.3) is 0 Å². The largest absolute Gasteiger partial charge is 0.339 e. The predicted octanol–water partition coefficient (Wildman–Crippen LogP) is 3.82. The molecule has 170 valence electrons. The van der Waals surface area contributed by atoms with Crippen molar-refractivity contribution in [3.63, 3.8) is 0 Å². The van der Waals surface area contributed by atoms with E-state index in [4.69, 9.17) is 0 Å². The van der Waals surface area contributed by atoms with Gasteiger partial charge in [-0.1, -0.05) is 55.1 Å². The summed E-state index contributed by atoms with van der Waals surface area (Å²) in [6.45, 7) is 9.54. The van der Waals surface area contributed by atoms with Crippen molar-refractivity contribution in [3.05, 3.63) is 64.1 Å². The van der Waals surface area contributed by atoms with Gasteiger partial charge in [-0.25, -0.2) is 0 Å². The molecule has 0 radical (unpaired) electrons. The highest BCUT2D eigenvalue weighted by Crippen LogP contribution is 2.26. The van der Waals surface area contributed by atoms with Crippen LogP contribution in [0.3, 0.4) is 0 Å². The van der Waals surface area contributed by atoms with E-state index >= 15 is 0 Å². The minimum atomic E-state index is -0.183. The van der Waals surface area contributed by atoms with Gasteiger partial charge in [-0.3, -0.25) is 4.79 Å². The lowest BCUT2D eigenvalue weighted by Gasteiger charge is -2.35. The summed E-state index contributed by atoms with van der Waals surface area (Å²) >= 11 is 3.27. The monoisotopic (exact) mass is 469 g/mol. The number of benzene rings is 1. The molecule has 2 aromatic heterocycles.